The highest BCUT2D eigenvalue weighted by molar-refractivity contribution is 6.35. The molecule has 1 aliphatic carbocycles. The summed E-state index contributed by atoms with van der Waals surface area (Å²) < 4.78 is 12.9. The summed E-state index contributed by atoms with van der Waals surface area (Å²) in [6, 6.07) is 6.01. The average molecular weight is 293 g/mol. The Hall–Kier alpha value is -2.44. The minimum absolute atomic E-state index is 0.0759. The molecule has 0 aliphatic heterocycles. The summed E-state index contributed by atoms with van der Waals surface area (Å²) in [6.45, 7) is 0. The van der Waals surface area contributed by atoms with Gasteiger partial charge in [0.1, 0.15) is 5.82 Å². The van der Waals surface area contributed by atoms with Crippen LogP contribution in [0.15, 0.2) is 24.3 Å². The smallest absolute Gasteiger partial charge is 0.327 e. The van der Waals surface area contributed by atoms with Crippen LogP contribution in [-0.2, 0) is 20.8 Å². The van der Waals surface area contributed by atoms with Gasteiger partial charge in [-0.2, -0.15) is 0 Å². The van der Waals surface area contributed by atoms with Crippen molar-refractivity contribution >= 4 is 17.7 Å². The molecule has 0 heterocycles. The molecule has 0 spiro atoms. The molecule has 1 aromatic carbocycles. The molecule has 0 aromatic heterocycles. The van der Waals surface area contributed by atoms with E-state index in [0.717, 1.165) is 12.8 Å². The highest BCUT2D eigenvalue weighted by Crippen LogP contribution is 2.18. The number of carbonyl (C=O) groups excluding carboxylic acids is 3. The molecule has 1 fully saturated rings. The second-order valence-electron chi connectivity index (χ2n) is 4.88. The van der Waals surface area contributed by atoms with E-state index in [1.165, 1.54) is 12.1 Å². The van der Waals surface area contributed by atoms with E-state index in [-0.39, 0.29) is 18.3 Å². The molecule has 21 heavy (non-hydrogen) atoms. The van der Waals surface area contributed by atoms with Gasteiger partial charge in [0, 0.05) is 12.5 Å². The van der Waals surface area contributed by atoms with Crippen LogP contribution < -0.4 is 16.2 Å². The maximum Gasteiger partial charge on any atom is 0.327 e. The standard InChI is InChI=1S/C14H16FN3O3/c15-10-3-1-2-9(8-10)4-7-12(19)17-18-14(21)13(20)16-11-5-6-11/h1-3,8,11H,4-7H2,(H,16,20)(H,17,19)(H,18,21). The molecule has 112 valence electrons. The number of aryl methyl sites for hydroxylation is 1. The SMILES string of the molecule is O=C(CCc1cccc(F)c1)NNC(=O)C(=O)NC1CC1. The molecular weight excluding hydrogens is 277 g/mol. The Morgan fingerprint density at radius 1 is 1.14 bits per heavy atom. The zero-order chi connectivity index (χ0) is 15.2. The summed E-state index contributed by atoms with van der Waals surface area (Å²) in [5.74, 6) is -2.48. The van der Waals surface area contributed by atoms with E-state index in [1.54, 1.807) is 12.1 Å². The lowest BCUT2D eigenvalue weighted by Crippen LogP contribution is -2.49. The molecule has 0 bridgehead atoms. The molecule has 7 heteroatoms. The van der Waals surface area contributed by atoms with Crippen molar-refractivity contribution < 1.29 is 18.8 Å². The lowest BCUT2D eigenvalue weighted by Gasteiger charge is -2.07. The number of hydrogen-bond acceptors (Lipinski definition) is 3. The first-order valence-electron chi connectivity index (χ1n) is 6.69. The van der Waals surface area contributed by atoms with Crippen LogP contribution in [0, 0.1) is 5.82 Å². The number of amides is 3. The normalized spacial score (nSPS) is 13.4. The van der Waals surface area contributed by atoms with Crippen molar-refractivity contribution in [1.29, 1.82) is 0 Å². The van der Waals surface area contributed by atoms with Crippen LogP contribution in [0.1, 0.15) is 24.8 Å². The van der Waals surface area contributed by atoms with Crippen molar-refractivity contribution in [2.24, 2.45) is 0 Å². The predicted molar refractivity (Wildman–Crippen MR) is 72.2 cm³/mol. The molecule has 1 aliphatic rings. The summed E-state index contributed by atoms with van der Waals surface area (Å²) in [4.78, 5) is 34.2. The lowest BCUT2D eigenvalue weighted by molar-refractivity contribution is -0.141. The predicted octanol–water partition coefficient (Wildman–Crippen LogP) is 0.184. The molecule has 6 nitrogen and oxygen atoms in total. The van der Waals surface area contributed by atoms with Gasteiger partial charge in [-0.05, 0) is 37.0 Å². The second kappa shape index (κ2) is 6.83. The minimum Gasteiger partial charge on any atom is -0.345 e. The Balaban J connectivity index is 1.67. The fourth-order valence-electron chi connectivity index (χ4n) is 1.67. The van der Waals surface area contributed by atoms with Crippen molar-refractivity contribution in [3.05, 3.63) is 35.6 Å². The van der Waals surface area contributed by atoms with Gasteiger partial charge in [0.05, 0.1) is 0 Å². The summed E-state index contributed by atoms with van der Waals surface area (Å²) in [6.07, 6.45) is 2.17. The fraction of sp³-hybridized carbons (Fsp3) is 0.357. The molecule has 2 rings (SSSR count). The largest absolute Gasteiger partial charge is 0.345 e. The zero-order valence-corrected chi connectivity index (χ0v) is 11.3. The average Bonchev–Trinajstić information content (AvgIpc) is 3.26. The van der Waals surface area contributed by atoms with Gasteiger partial charge in [-0.15, -0.1) is 0 Å². The van der Waals surface area contributed by atoms with Crippen molar-refractivity contribution in [2.75, 3.05) is 0 Å². The molecule has 0 unspecified atom stereocenters. The first-order chi connectivity index (χ1) is 10.0. The Morgan fingerprint density at radius 2 is 1.90 bits per heavy atom. The molecule has 1 saturated carbocycles. The van der Waals surface area contributed by atoms with Crippen molar-refractivity contribution in [2.45, 2.75) is 31.7 Å². The monoisotopic (exact) mass is 293 g/mol. The summed E-state index contributed by atoms with van der Waals surface area (Å²) in [5.41, 5.74) is 4.87. The first kappa shape index (κ1) is 15.0. The number of hydrogen-bond donors (Lipinski definition) is 3. The maximum atomic E-state index is 12.9. The highest BCUT2D eigenvalue weighted by Gasteiger charge is 2.26. The van der Waals surface area contributed by atoms with E-state index >= 15 is 0 Å². The van der Waals surface area contributed by atoms with Gasteiger partial charge >= 0.3 is 11.8 Å². The molecule has 0 radical (unpaired) electrons. The molecule has 3 amide bonds. The highest BCUT2D eigenvalue weighted by atomic mass is 19.1. The van der Waals surface area contributed by atoms with E-state index in [9.17, 15) is 18.8 Å². The first-order valence-corrected chi connectivity index (χ1v) is 6.69. The van der Waals surface area contributed by atoms with E-state index in [4.69, 9.17) is 0 Å². The van der Waals surface area contributed by atoms with Gasteiger partial charge < -0.3 is 5.32 Å². The Labute approximate surface area is 121 Å². The zero-order valence-electron chi connectivity index (χ0n) is 11.3. The van der Waals surface area contributed by atoms with Gasteiger partial charge in [0.15, 0.2) is 0 Å². The van der Waals surface area contributed by atoms with Crippen molar-refractivity contribution in [1.82, 2.24) is 16.2 Å². The van der Waals surface area contributed by atoms with E-state index < -0.39 is 17.7 Å². The van der Waals surface area contributed by atoms with Crippen LogP contribution in [-0.4, -0.2) is 23.8 Å². The van der Waals surface area contributed by atoms with Crippen molar-refractivity contribution in [3.8, 4) is 0 Å². The quantitative estimate of drug-likeness (QED) is 0.547. The van der Waals surface area contributed by atoms with E-state index in [0.29, 0.717) is 12.0 Å². The minimum atomic E-state index is -0.902. The van der Waals surface area contributed by atoms with Crippen LogP contribution in [0.5, 0.6) is 0 Å². The number of benzene rings is 1. The van der Waals surface area contributed by atoms with Gasteiger partial charge in [-0.25, -0.2) is 4.39 Å². The summed E-state index contributed by atoms with van der Waals surface area (Å²) in [7, 11) is 0. The second-order valence-corrected chi connectivity index (χ2v) is 4.88. The van der Waals surface area contributed by atoms with Gasteiger partial charge in [0.25, 0.3) is 0 Å². The van der Waals surface area contributed by atoms with Crippen molar-refractivity contribution in [3.63, 3.8) is 0 Å². The summed E-state index contributed by atoms with van der Waals surface area (Å²) >= 11 is 0. The van der Waals surface area contributed by atoms with Gasteiger partial charge in [0.2, 0.25) is 5.91 Å². The third-order valence-corrected chi connectivity index (χ3v) is 2.96. The number of halogens is 1. The van der Waals surface area contributed by atoms with Crippen LogP contribution >= 0.6 is 0 Å². The third-order valence-electron chi connectivity index (χ3n) is 2.96. The van der Waals surface area contributed by atoms with E-state index in [2.05, 4.69) is 10.7 Å². The number of nitrogens with one attached hydrogen (secondary N) is 3. The van der Waals surface area contributed by atoms with Crippen LogP contribution in [0.3, 0.4) is 0 Å². The number of carbonyl (C=O) groups is 3. The molecule has 0 saturated heterocycles. The topological polar surface area (TPSA) is 87.3 Å². The van der Waals surface area contributed by atoms with E-state index in [1.807, 2.05) is 5.43 Å². The fourth-order valence-corrected chi connectivity index (χ4v) is 1.67. The summed E-state index contributed by atoms with van der Waals surface area (Å²) in [5, 5.41) is 2.50. The Kier molecular flexibility index (Phi) is 4.86. The van der Waals surface area contributed by atoms with Gasteiger partial charge in [-0.1, -0.05) is 12.1 Å². The Morgan fingerprint density at radius 3 is 2.57 bits per heavy atom. The molecular formula is C14H16FN3O3. The molecule has 3 N–H and O–H groups in total. The third kappa shape index (κ3) is 5.21. The maximum absolute atomic E-state index is 12.9. The number of hydrazine groups is 1. The van der Waals surface area contributed by atoms with Crippen LogP contribution in [0.25, 0.3) is 0 Å². The number of rotatable bonds is 4. The molecule has 0 atom stereocenters. The molecule has 1 aromatic rings. The van der Waals surface area contributed by atoms with Crippen LogP contribution in [0.2, 0.25) is 0 Å². The van der Waals surface area contributed by atoms with Gasteiger partial charge in [-0.3, -0.25) is 25.2 Å². The van der Waals surface area contributed by atoms with Crippen LogP contribution in [0.4, 0.5) is 4.39 Å². The Bertz CT molecular complexity index is 558. The lowest BCUT2D eigenvalue weighted by atomic mass is 10.1.